The Morgan fingerprint density at radius 3 is 2.33 bits per heavy atom. The number of benzene rings is 1. The van der Waals surface area contributed by atoms with Gasteiger partial charge in [0.1, 0.15) is 18.1 Å². The van der Waals surface area contributed by atoms with Crippen LogP contribution in [0, 0.1) is 0 Å². The highest BCUT2D eigenvalue weighted by Gasteiger charge is 2.14. The first-order valence-corrected chi connectivity index (χ1v) is 7.59. The first kappa shape index (κ1) is 18.1. The lowest BCUT2D eigenvalue weighted by Gasteiger charge is -2.31. The minimum Gasteiger partial charge on any atom is -0.494 e. The Morgan fingerprint density at radius 1 is 1.14 bits per heavy atom. The molecular formula is C16H27ClN2O2. The second-order valence-electron chi connectivity index (χ2n) is 5.32. The van der Waals surface area contributed by atoms with Crippen molar-refractivity contribution < 1.29 is 9.47 Å². The fraction of sp³-hybridized carbons (Fsp3) is 0.625. The number of rotatable bonds is 7. The Balaban J connectivity index is 0.00000220. The van der Waals surface area contributed by atoms with Crippen molar-refractivity contribution in [1.82, 2.24) is 10.2 Å². The summed E-state index contributed by atoms with van der Waals surface area (Å²) >= 11 is 0. The zero-order chi connectivity index (χ0) is 14.2. The number of ether oxygens (including phenoxy) is 2. The van der Waals surface area contributed by atoms with E-state index in [1.165, 1.54) is 0 Å². The molecule has 1 aromatic carbocycles. The van der Waals surface area contributed by atoms with E-state index in [2.05, 4.69) is 24.1 Å². The Bertz CT molecular complexity index is 386. The third-order valence-electron chi connectivity index (χ3n) is 3.43. The molecule has 5 heteroatoms. The predicted octanol–water partition coefficient (Wildman–Crippen LogP) is 2.57. The van der Waals surface area contributed by atoms with Crippen molar-refractivity contribution in [1.29, 1.82) is 0 Å². The molecule has 1 aromatic rings. The highest BCUT2D eigenvalue weighted by atomic mass is 35.5. The highest BCUT2D eigenvalue weighted by molar-refractivity contribution is 5.85. The van der Waals surface area contributed by atoms with Crippen molar-refractivity contribution in [3.63, 3.8) is 0 Å². The quantitative estimate of drug-likeness (QED) is 0.838. The first-order chi connectivity index (χ1) is 9.78. The second kappa shape index (κ2) is 9.87. The minimum absolute atomic E-state index is 0. The van der Waals surface area contributed by atoms with E-state index in [-0.39, 0.29) is 12.4 Å². The average molecular weight is 315 g/mol. The third-order valence-corrected chi connectivity index (χ3v) is 3.43. The van der Waals surface area contributed by atoms with Crippen LogP contribution in [0.15, 0.2) is 24.3 Å². The van der Waals surface area contributed by atoms with Gasteiger partial charge >= 0.3 is 0 Å². The summed E-state index contributed by atoms with van der Waals surface area (Å²) in [5, 5.41) is 3.45. The molecule has 0 aromatic heterocycles. The lowest BCUT2D eigenvalue weighted by molar-refractivity contribution is 0.170. The van der Waals surface area contributed by atoms with Crippen LogP contribution < -0.4 is 14.8 Å². The van der Waals surface area contributed by atoms with Gasteiger partial charge in [-0.05, 0) is 37.6 Å². The lowest BCUT2D eigenvalue weighted by Crippen LogP contribution is -2.50. The summed E-state index contributed by atoms with van der Waals surface area (Å²) in [6, 6.07) is 8.48. The summed E-state index contributed by atoms with van der Waals surface area (Å²) < 4.78 is 11.3. The monoisotopic (exact) mass is 314 g/mol. The maximum Gasteiger partial charge on any atom is 0.119 e. The third kappa shape index (κ3) is 6.55. The van der Waals surface area contributed by atoms with Crippen LogP contribution in [0.3, 0.4) is 0 Å². The molecule has 120 valence electrons. The molecule has 1 aliphatic heterocycles. The summed E-state index contributed by atoms with van der Waals surface area (Å²) in [7, 11) is 0. The normalized spacial score (nSPS) is 18.9. The molecule has 0 spiro atoms. The number of nitrogens with one attached hydrogen (secondary N) is 1. The van der Waals surface area contributed by atoms with Crippen LogP contribution in [-0.4, -0.2) is 50.3 Å². The van der Waals surface area contributed by atoms with Crippen molar-refractivity contribution in [2.45, 2.75) is 26.3 Å². The van der Waals surface area contributed by atoms with Crippen LogP contribution in [0.1, 0.15) is 20.3 Å². The van der Waals surface area contributed by atoms with Crippen molar-refractivity contribution >= 4 is 12.4 Å². The molecule has 0 bridgehead atoms. The van der Waals surface area contributed by atoms with Gasteiger partial charge in [0.05, 0.1) is 6.61 Å². The van der Waals surface area contributed by atoms with Gasteiger partial charge in [-0.1, -0.05) is 6.92 Å². The molecule has 0 amide bonds. The molecule has 1 aliphatic rings. The van der Waals surface area contributed by atoms with Crippen molar-refractivity contribution in [3.8, 4) is 11.5 Å². The molecule has 2 rings (SSSR count). The van der Waals surface area contributed by atoms with E-state index in [0.29, 0.717) is 6.04 Å². The number of halogens is 1. The van der Waals surface area contributed by atoms with Crippen molar-refractivity contribution in [2.75, 3.05) is 39.4 Å². The molecule has 1 unspecified atom stereocenters. The van der Waals surface area contributed by atoms with Crippen LogP contribution in [0.2, 0.25) is 0 Å². The Labute approximate surface area is 134 Å². The number of nitrogens with zero attached hydrogens (tertiary/aromatic N) is 1. The van der Waals surface area contributed by atoms with Gasteiger partial charge in [-0.2, -0.15) is 0 Å². The van der Waals surface area contributed by atoms with Crippen molar-refractivity contribution in [2.24, 2.45) is 0 Å². The number of piperazine rings is 1. The van der Waals surface area contributed by atoms with E-state index in [4.69, 9.17) is 9.47 Å². The zero-order valence-electron chi connectivity index (χ0n) is 13.0. The largest absolute Gasteiger partial charge is 0.494 e. The maximum atomic E-state index is 5.79. The molecule has 0 saturated carbocycles. The van der Waals surface area contributed by atoms with Gasteiger partial charge in [0, 0.05) is 32.2 Å². The molecule has 1 heterocycles. The van der Waals surface area contributed by atoms with Crippen LogP contribution in [0.5, 0.6) is 11.5 Å². The maximum absolute atomic E-state index is 5.79. The lowest BCUT2D eigenvalue weighted by atomic mass is 10.2. The summed E-state index contributed by atoms with van der Waals surface area (Å²) in [5.41, 5.74) is 0. The molecule has 0 radical (unpaired) electrons. The fourth-order valence-corrected chi connectivity index (χ4v) is 2.36. The van der Waals surface area contributed by atoms with Crippen LogP contribution in [-0.2, 0) is 0 Å². The summed E-state index contributed by atoms with van der Waals surface area (Å²) in [4.78, 5) is 2.44. The smallest absolute Gasteiger partial charge is 0.119 e. The summed E-state index contributed by atoms with van der Waals surface area (Å²) in [6.07, 6.45) is 1.03. The van der Waals surface area contributed by atoms with Gasteiger partial charge in [0.2, 0.25) is 0 Å². The van der Waals surface area contributed by atoms with Crippen LogP contribution in [0.4, 0.5) is 0 Å². The minimum atomic E-state index is 0. The second-order valence-corrected chi connectivity index (χ2v) is 5.32. The summed E-state index contributed by atoms with van der Waals surface area (Å²) in [5.74, 6) is 1.83. The van der Waals surface area contributed by atoms with Crippen LogP contribution >= 0.6 is 12.4 Å². The van der Waals surface area contributed by atoms with Gasteiger partial charge in [-0.15, -0.1) is 12.4 Å². The molecule has 1 fully saturated rings. The van der Waals surface area contributed by atoms with Gasteiger partial charge in [0.15, 0.2) is 0 Å². The van der Waals surface area contributed by atoms with E-state index in [1.54, 1.807) is 0 Å². The SMILES string of the molecule is CCCOc1ccc(OCCN2CCNC(C)C2)cc1.Cl. The van der Waals surface area contributed by atoms with Crippen molar-refractivity contribution in [3.05, 3.63) is 24.3 Å². The Kier molecular flexibility index (Phi) is 8.50. The van der Waals surface area contributed by atoms with Gasteiger partial charge in [0.25, 0.3) is 0 Å². The molecule has 21 heavy (non-hydrogen) atoms. The molecular weight excluding hydrogens is 288 g/mol. The van der Waals surface area contributed by atoms with E-state index < -0.39 is 0 Å². The molecule has 1 atom stereocenters. The van der Waals surface area contributed by atoms with E-state index in [9.17, 15) is 0 Å². The molecule has 0 aliphatic carbocycles. The molecule has 4 nitrogen and oxygen atoms in total. The van der Waals surface area contributed by atoms with E-state index in [0.717, 1.165) is 57.3 Å². The standard InChI is InChI=1S/C16H26N2O2.ClH/c1-3-11-19-15-4-6-16(7-5-15)20-12-10-18-9-8-17-14(2)13-18;/h4-7,14,17H,3,8-13H2,1-2H3;1H. The fourth-order valence-electron chi connectivity index (χ4n) is 2.36. The first-order valence-electron chi connectivity index (χ1n) is 7.59. The molecule has 1 saturated heterocycles. The van der Waals surface area contributed by atoms with Gasteiger partial charge in [-0.3, -0.25) is 4.90 Å². The summed E-state index contributed by atoms with van der Waals surface area (Å²) in [6.45, 7) is 10.1. The molecule has 1 N–H and O–H groups in total. The average Bonchev–Trinajstić information content (AvgIpc) is 2.46. The Hall–Kier alpha value is -0.970. The number of hydrogen-bond donors (Lipinski definition) is 1. The van der Waals surface area contributed by atoms with E-state index >= 15 is 0 Å². The van der Waals surface area contributed by atoms with Gasteiger partial charge in [-0.25, -0.2) is 0 Å². The van der Waals surface area contributed by atoms with Gasteiger partial charge < -0.3 is 14.8 Å². The van der Waals surface area contributed by atoms with E-state index in [1.807, 2.05) is 24.3 Å². The topological polar surface area (TPSA) is 33.7 Å². The predicted molar refractivity (Wildman–Crippen MR) is 88.9 cm³/mol. The highest BCUT2D eigenvalue weighted by Crippen LogP contribution is 2.17. The zero-order valence-corrected chi connectivity index (χ0v) is 13.8. The van der Waals surface area contributed by atoms with Crippen LogP contribution in [0.25, 0.3) is 0 Å². The Morgan fingerprint density at radius 2 is 1.76 bits per heavy atom. The number of hydrogen-bond acceptors (Lipinski definition) is 4.